The van der Waals surface area contributed by atoms with Gasteiger partial charge in [0, 0.05) is 18.2 Å². The first-order valence-corrected chi connectivity index (χ1v) is 7.40. The molecule has 0 fully saturated rings. The zero-order valence-corrected chi connectivity index (χ0v) is 13.3. The van der Waals surface area contributed by atoms with Gasteiger partial charge < -0.3 is 25.6 Å². The van der Waals surface area contributed by atoms with Gasteiger partial charge in [0.1, 0.15) is 17.3 Å². The van der Waals surface area contributed by atoms with Crippen molar-refractivity contribution in [3.8, 4) is 11.5 Å². The molecule has 6 nitrogen and oxygen atoms in total. The van der Waals surface area contributed by atoms with Crippen molar-refractivity contribution in [2.45, 2.75) is 6.54 Å². The maximum atomic E-state index is 13.3. The Morgan fingerprint density at radius 3 is 2.79 bits per heavy atom. The summed E-state index contributed by atoms with van der Waals surface area (Å²) >= 11 is 0. The minimum Gasteiger partial charge on any atom is -0.506 e. The fourth-order valence-corrected chi connectivity index (χ4v) is 2.05. The van der Waals surface area contributed by atoms with Gasteiger partial charge in [-0.25, -0.2) is 9.38 Å². The highest BCUT2D eigenvalue weighted by molar-refractivity contribution is 5.94. The minimum absolute atomic E-state index is 0.0928. The van der Waals surface area contributed by atoms with Crippen LogP contribution in [0.25, 0.3) is 0 Å². The summed E-state index contributed by atoms with van der Waals surface area (Å²) in [5, 5.41) is 24.5. The lowest BCUT2D eigenvalue weighted by atomic mass is 10.2. The number of nitrogens with zero attached hydrogens (tertiary/aromatic N) is 1. The first kappa shape index (κ1) is 17.6. The van der Waals surface area contributed by atoms with E-state index in [0.717, 1.165) is 17.7 Å². The van der Waals surface area contributed by atoms with Crippen molar-refractivity contribution in [3.63, 3.8) is 0 Å². The minimum atomic E-state index is -0.485. The second-order valence-electron chi connectivity index (χ2n) is 4.91. The molecule has 24 heavy (non-hydrogen) atoms. The number of anilines is 1. The van der Waals surface area contributed by atoms with Gasteiger partial charge in [-0.15, -0.1) is 0 Å². The Bertz CT molecular complexity index is 707. The predicted octanol–water partition coefficient (Wildman–Crippen LogP) is 2.09. The number of aliphatic hydroxyl groups is 1. The number of ether oxygens (including phenoxy) is 1. The summed E-state index contributed by atoms with van der Waals surface area (Å²) in [6.07, 6.45) is 0. The molecule has 0 saturated heterocycles. The molecule has 2 aromatic carbocycles. The molecule has 0 saturated carbocycles. The highest BCUT2D eigenvalue weighted by Gasteiger charge is 2.07. The summed E-state index contributed by atoms with van der Waals surface area (Å²) in [7, 11) is 1.58. The fourth-order valence-electron chi connectivity index (χ4n) is 2.05. The molecule has 128 valence electrons. The first-order valence-electron chi connectivity index (χ1n) is 7.40. The SMILES string of the molecule is COc1ccccc1CN=C(NCCO)Nc1cc(F)ccc1O. The van der Waals surface area contributed by atoms with Gasteiger partial charge in [-0.2, -0.15) is 0 Å². The molecule has 2 rings (SSSR count). The van der Waals surface area contributed by atoms with Gasteiger partial charge in [0.05, 0.1) is 25.9 Å². The van der Waals surface area contributed by atoms with Crippen molar-refractivity contribution >= 4 is 11.6 Å². The van der Waals surface area contributed by atoms with E-state index in [-0.39, 0.29) is 24.6 Å². The summed E-state index contributed by atoms with van der Waals surface area (Å²) in [4.78, 5) is 4.38. The molecule has 0 aliphatic rings. The number of methoxy groups -OCH3 is 1. The van der Waals surface area contributed by atoms with Crippen LogP contribution in [0, 0.1) is 5.82 Å². The van der Waals surface area contributed by atoms with Crippen molar-refractivity contribution < 1.29 is 19.3 Å². The zero-order chi connectivity index (χ0) is 17.4. The Kier molecular flexibility index (Phi) is 6.39. The van der Waals surface area contributed by atoms with Crippen LogP contribution in [0.15, 0.2) is 47.5 Å². The maximum Gasteiger partial charge on any atom is 0.196 e. The third-order valence-corrected chi connectivity index (χ3v) is 3.22. The largest absolute Gasteiger partial charge is 0.506 e. The lowest BCUT2D eigenvalue weighted by Crippen LogP contribution is -2.33. The van der Waals surface area contributed by atoms with Crippen LogP contribution in [0.4, 0.5) is 10.1 Å². The van der Waals surface area contributed by atoms with Crippen molar-refractivity contribution in [1.82, 2.24) is 5.32 Å². The summed E-state index contributed by atoms with van der Waals surface area (Å²) in [5.74, 6) is 0.418. The third kappa shape index (κ3) is 4.85. The van der Waals surface area contributed by atoms with E-state index in [1.165, 1.54) is 6.07 Å². The average molecular weight is 333 g/mol. The zero-order valence-electron chi connectivity index (χ0n) is 13.3. The number of aromatic hydroxyl groups is 1. The van der Waals surface area contributed by atoms with Gasteiger partial charge in [0.2, 0.25) is 0 Å². The molecule has 7 heteroatoms. The molecule has 2 aromatic rings. The van der Waals surface area contributed by atoms with Crippen molar-refractivity contribution in [2.75, 3.05) is 25.6 Å². The van der Waals surface area contributed by atoms with Crippen LogP contribution >= 0.6 is 0 Å². The topological polar surface area (TPSA) is 86.1 Å². The molecule has 0 aliphatic heterocycles. The molecule has 0 aliphatic carbocycles. The number of nitrogens with one attached hydrogen (secondary N) is 2. The molecule has 0 atom stereocenters. The van der Waals surface area contributed by atoms with E-state index in [2.05, 4.69) is 15.6 Å². The number of para-hydroxylation sites is 1. The second-order valence-corrected chi connectivity index (χ2v) is 4.91. The molecule has 4 N–H and O–H groups in total. The number of benzene rings is 2. The summed E-state index contributed by atoms with van der Waals surface area (Å²) in [5.41, 5.74) is 1.05. The van der Waals surface area contributed by atoms with Crippen LogP contribution < -0.4 is 15.4 Å². The molecule has 0 heterocycles. The molecule has 0 aromatic heterocycles. The van der Waals surface area contributed by atoms with Crippen molar-refractivity contribution in [1.29, 1.82) is 0 Å². The van der Waals surface area contributed by atoms with Crippen LogP contribution in [0.3, 0.4) is 0 Å². The monoisotopic (exact) mass is 333 g/mol. The quantitative estimate of drug-likeness (QED) is 0.369. The van der Waals surface area contributed by atoms with Gasteiger partial charge >= 0.3 is 0 Å². The van der Waals surface area contributed by atoms with E-state index >= 15 is 0 Å². The van der Waals surface area contributed by atoms with E-state index in [0.29, 0.717) is 18.3 Å². The van der Waals surface area contributed by atoms with E-state index in [1.54, 1.807) is 7.11 Å². The van der Waals surface area contributed by atoms with Crippen molar-refractivity contribution in [2.24, 2.45) is 4.99 Å². The molecular formula is C17H20FN3O3. The standard InChI is InChI=1S/C17H20FN3O3/c1-24-16-5-3-2-4-12(16)11-20-17(19-8-9-22)21-14-10-13(18)6-7-15(14)23/h2-7,10,22-23H,8-9,11H2,1H3,(H2,19,20,21). The normalized spacial score (nSPS) is 11.2. The van der Waals surface area contributed by atoms with E-state index < -0.39 is 5.82 Å². The number of halogens is 1. The highest BCUT2D eigenvalue weighted by atomic mass is 19.1. The molecule has 0 radical (unpaired) electrons. The predicted molar refractivity (Wildman–Crippen MR) is 90.9 cm³/mol. The Morgan fingerprint density at radius 1 is 1.25 bits per heavy atom. The van der Waals surface area contributed by atoms with Crippen LogP contribution in [-0.4, -0.2) is 36.4 Å². The number of guanidine groups is 1. The molecular weight excluding hydrogens is 313 g/mol. The van der Waals surface area contributed by atoms with Gasteiger partial charge in [-0.3, -0.25) is 0 Å². The number of phenols is 1. The Morgan fingerprint density at radius 2 is 2.04 bits per heavy atom. The lowest BCUT2D eigenvalue weighted by molar-refractivity contribution is 0.300. The Balaban J connectivity index is 2.19. The number of aliphatic hydroxyl groups excluding tert-OH is 1. The first-order chi connectivity index (χ1) is 11.6. The molecule has 0 spiro atoms. The smallest absolute Gasteiger partial charge is 0.196 e. The lowest BCUT2D eigenvalue weighted by Gasteiger charge is -2.13. The van der Waals surface area contributed by atoms with Gasteiger partial charge in [-0.05, 0) is 18.2 Å². The average Bonchev–Trinajstić information content (AvgIpc) is 2.60. The Labute approximate surface area is 139 Å². The highest BCUT2D eigenvalue weighted by Crippen LogP contribution is 2.23. The fraction of sp³-hybridized carbons (Fsp3) is 0.235. The van der Waals surface area contributed by atoms with Crippen LogP contribution in [0.1, 0.15) is 5.56 Å². The van der Waals surface area contributed by atoms with Gasteiger partial charge in [0.25, 0.3) is 0 Å². The molecule has 0 bridgehead atoms. The summed E-state index contributed by atoms with van der Waals surface area (Å²) in [6, 6.07) is 11.0. The summed E-state index contributed by atoms with van der Waals surface area (Å²) < 4.78 is 18.6. The maximum absolute atomic E-state index is 13.3. The van der Waals surface area contributed by atoms with Gasteiger partial charge in [-0.1, -0.05) is 18.2 Å². The van der Waals surface area contributed by atoms with Crippen LogP contribution in [-0.2, 0) is 6.54 Å². The van der Waals surface area contributed by atoms with Crippen LogP contribution in [0.5, 0.6) is 11.5 Å². The van der Waals surface area contributed by atoms with Gasteiger partial charge in [0.15, 0.2) is 5.96 Å². The Hall–Kier alpha value is -2.80. The van der Waals surface area contributed by atoms with E-state index in [9.17, 15) is 9.50 Å². The molecule has 0 amide bonds. The van der Waals surface area contributed by atoms with E-state index in [1.807, 2.05) is 24.3 Å². The van der Waals surface area contributed by atoms with Crippen LogP contribution in [0.2, 0.25) is 0 Å². The number of hydrogen-bond acceptors (Lipinski definition) is 4. The number of phenolic OH excluding ortho intramolecular Hbond substituents is 1. The number of aliphatic imine (C=N–C) groups is 1. The third-order valence-electron chi connectivity index (χ3n) is 3.22. The van der Waals surface area contributed by atoms with Crippen molar-refractivity contribution in [3.05, 3.63) is 53.8 Å². The molecule has 0 unspecified atom stereocenters. The summed E-state index contributed by atoms with van der Waals surface area (Å²) in [6.45, 7) is 0.471. The number of hydrogen-bond donors (Lipinski definition) is 4. The van der Waals surface area contributed by atoms with E-state index in [4.69, 9.17) is 9.84 Å². The second kappa shape index (κ2) is 8.73. The number of rotatable bonds is 6.